The van der Waals surface area contributed by atoms with Crippen LogP contribution in [0.2, 0.25) is 0 Å². The lowest BCUT2D eigenvalue weighted by Gasteiger charge is -2.17. The Morgan fingerprint density at radius 2 is 1.18 bits per heavy atom. The van der Waals surface area contributed by atoms with E-state index >= 15 is 0 Å². The van der Waals surface area contributed by atoms with Gasteiger partial charge in [-0.1, -0.05) is 115 Å². The number of thiophene rings is 2. The Bertz CT molecular complexity index is 4460. The maximum absolute atomic E-state index is 14.8. The second-order valence-corrected chi connectivity index (χ2v) is 20.0. The maximum Gasteiger partial charge on any atom is 0.165 e. The second kappa shape index (κ2) is 13.8. The number of aromatic nitrogens is 3. The standard InChI is InChI=1S/C60H38FN3S2/c1-31-32(2)34(4)56-50(33(31)3)52-46-30-38(42-18-12-19-45-43-17-10-11-20-48(43)65-58(42)45)21-25-44(46)53-51-40-16-9-8-13-35(40)23-28-49(51)66-59(53)57(52)64(56)60-54(36-14-6-5-7-15-36)62-47-27-22-37-29-39(61)24-26-41(37)55(47)63-60/h5-30H,1-4H3. The van der Waals surface area contributed by atoms with Crippen LogP contribution in [-0.2, 0) is 0 Å². The first kappa shape index (κ1) is 37.8. The van der Waals surface area contributed by atoms with E-state index in [2.05, 4.69) is 154 Å². The lowest BCUT2D eigenvalue weighted by molar-refractivity contribution is 0.630. The van der Waals surface area contributed by atoms with Crippen molar-refractivity contribution in [2.24, 2.45) is 0 Å². The quantitative estimate of drug-likeness (QED) is 0.166. The van der Waals surface area contributed by atoms with Gasteiger partial charge in [0.25, 0.3) is 0 Å². The van der Waals surface area contributed by atoms with E-state index in [1.54, 1.807) is 6.07 Å². The van der Waals surface area contributed by atoms with Crippen LogP contribution in [0.4, 0.5) is 4.39 Å². The van der Waals surface area contributed by atoms with Crippen LogP contribution in [0.3, 0.4) is 0 Å². The Balaban J connectivity index is 1.25. The molecule has 0 N–H and O–H groups in total. The molecule has 0 atom stereocenters. The molecule has 0 amide bonds. The fourth-order valence-corrected chi connectivity index (χ4v) is 13.6. The number of rotatable bonds is 3. The lowest BCUT2D eigenvalue weighted by Crippen LogP contribution is -2.06. The summed E-state index contributed by atoms with van der Waals surface area (Å²) < 4.78 is 22.3. The van der Waals surface area contributed by atoms with E-state index in [1.165, 1.54) is 112 Å². The summed E-state index contributed by atoms with van der Waals surface area (Å²) in [4.78, 5) is 11.3. The molecule has 312 valence electrons. The number of fused-ring (bicyclic) bond motifs is 18. The molecule has 6 heteroatoms. The molecule has 66 heavy (non-hydrogen) atoms. The predicted molar refractivity (Wildman–Crippen MR) is 282 cm³/mol. The average Bonchev–Trinajstić information content (AvgIpc) is 4.05. The molecule has 0 bridgehead atoms. The van der Waals surface area contributed by atoms with Crippen molar-refractivity contribution in [1.82, 2.24) is 14.5 Å². The van der Waals surface area contributed by atoms with Gasteiger partial charge in [-0.2, -0.15) is 0 Å². The highest BCUT2D eigenvalue weighted by atomic mass is 32.1. The molecule has 0 unspecified atom stereocenters. The van der Waals surface area contributed by atoms with Gasteiger partial charge in [-0.15, -0.1) is 22.7 Å². The average molecular weight is 884 g/mol. The zero-order valence-electron chi connectivity index (χ0n) is 36.5. The third-order valence-electron chi connectivity index (χ3n) is 14.5. The topological polar surface area (TPSA) is 30.7 Å². The molecule has 14 rings (SSSR count). The molecular formula is C60H38FN3S2. The summed E-state index contributed by atoms with van der Waals surface area (Å²) >= 11 is 3.74. The highest BCUT2D eigenvalue weighted by Crippen LogP contribution is 2.52. The van der Waals surface area contributed by atoms with Gasteiger partial charge in [-0.25, -0.2) is 14.4 Å². The van der Waals surface area contributed by atoms with Crippen LogP contribution < -0.4 is 0 Å². The van der Waals surface area contributed by atoms with E-state index in [9.17, 15) is 4.39 Å². The minimum Gasteiger partial charge on any atom is -0.290 e. The first-order valence-corrected chi connectivity index (χ1v) is 24.1. The van der Waals surface area contributed by atoms with E-state index in [0.29, 0.717) is 0 Å². The monoisotopic (exact) mass is 883 g/mol. The summed E-state index contributed by atoms with van der Waals surface area (Å²) in [7, 11) is 0. The van der Waals surface area contributed by atoms with Crippen molar-refractivity contribution in [3.8, 4) is 28.2 Å². The summed E-state index contributed by atoms with van der Waals surface area (Å²) in [6.45, 7) is 9.11. The van der Waals surface area contributed by atoms with Crippen LogP contribution in [0.25, 0.3) is 134 Å². The van der Waals surface area contributed by atoms with Crippen LogP contribution in [0.15, 0.2) is 158 Å². The molecule has 0 aliphatic rings. The summed E-state index contributed by atoms with van der Waals surface area (Å²) in [6, 6.07) is 55.5. The number of nitrogens with zero attached hydrogens (tertiary/aromatic N) is 3. The lowest BCUT2D eigenvalue weighted by atomic mass is 9.90. The number of hydrogen-bond acceptors (Lipinski definition) is 4. The maximum atomic E-state index is 14.8. The fraction of sp³-hybridized carbons (Fsp3) is 0.0667. The highest BCUT2D eigenvalue weighted by Gasteiger charge is 2.29. The molecular weight excluding hydrogens is 846 g/mol. The van der Waals surface area contributed by atoms with Gasteiger partial charge in [-0.05, 0) is 130 Å². The Labute approximate surface area is 386 Å². The number of benzene rings is 10. The zero-order chi connectivity index (χ0) is 44.1. The van der Waals surface area contributed by atoms with E-state index in [-0.39, 0.29) is 5.82 Å². The van der Waals surface area contributed by atoms with Crippen molar-refractivity contribution < 1.29 is 4.39 Å². The first-order valence-electron chi connectivity index (χ1n) is 22.4. The Morgan fingerprint density at radius 3 is 2.06 bits per heavy atom. The summed E-state index contributed by atoms with van der Waals surface area (Å²) in [5.74, 6) is 0.482. The van der Waals surface area contributed by atoms with Gasteiger partial charge in [0.05, 0.1) is 26.8 Å². The molecule has 4 heterocycles. The molecule has 4 aromatic heterocycles. The first-order chi connectivity index (χ1) is 32.3. The van der Waals surface area contributed by atoms with Gasteiger partial charge in [0.15, 0.2) is 5.82 Å². The van der Waals surface area contributed by atoms with Crippen molar-refractivity contribution >= 4 is 128 Å². The van der Waals surface area contributed by atoms with Gasteiger partial charge >= 0.3 is 0 Å². The smallest absolute Gasteiger partial charge is 0.165 e. The van der Waals surface area contributed by atoms with E-state index in [0.717, 1.165) is 49.9 Å². The molecule has 14 aromatic rings. The van der Waals surface area contributed by atoms with Gasteiger partial charge in [0, 0.05) is 57.4 Å². The van der Waals surface area contributed by atoms with E-state index < -0.39 is 0 Å². The van der Waals surface area contributed by atoms with Crippen LogP contribution in [0.1, 0.15) is 22.3 Å². The normalized spacial score (nSPS) is 12.3. The van der Waals surface area contributed by atoms with E-state index in [4.69, 9.17) is 9.97 Å². The van der Waals surface area contributed by atoms with Crippen molar-refractivity contribution in [2.45, 2.75) is 27.7 Å². The van der Waals surface area contributed by atoms with Gasteiger partial charge in [0.1, 0.15) is 11.5 Å². The van der Waals surface area contributed by atoms with Gasteiger partial charge in [0.2, 0.25) is 0 Å². The van der Waals surface area contributed by atoms with Crippen LogP contribution in [0.5, 0.6) is 0 Å². The molecule has 0 aliphatic carbocycles. The number of hydrogen-bond donors (Lipinski definition) is 0. The number of aryl methyl sites for hydroxylation is 2. The Hall–Kier alpha value is -7.51. The highest BCUT2D eigenvalue weighted by molar-refractivity contribution is 7.27. The SMILES string of the molecule is Cc1c(C)c(C)c2c(c1C)c1c3cc(-c4cccc5c4sc4ccccc45)ccc3c3c(sc4ccc5ccccc5c43)c1n2-c1nc2c(ccc3cc(F)ccc32)nc1-c1ccccc1. The van der Waals surface area contributed by atoms with E-state index in [1.807, 2.05) is 46.9 Å². The third-order valence-corrected chi connectivity index (χ3v) is 16.9. The van der Waals surface area contributed by atoms with Crippen LogP contribution in [-0.4, -0.2) is 14.5 Å². The second-order valence-electron chi connectivity index (χ2n) is 17.9. The molecule has 0 radical (unpaired) electrons. The van der Waals surface area contributed by atoms with Crippen molar-refractivity contribution in [1.29, 1.82) is 0 Å². The molecule has 0 fully saturated rings. The summed E-state index contributed by atoms with van der Waals surface area (Å²) in [6.07, 6.45) is 0. The van der Waals surface area contributed by atoms with Crippen LogP contribution >= 0.6 is 22.7 Å². The predicted octanol–water partition coefficient (Wildman–Crippen LogP) is 17.6. The molecule has 0 spiro atoms. The fourth-order valence-electron chi connectivity index (χ4n) is 11.1. The summed E-state index contributed by atoms with van der Waals surface area (Å²) in [5, 5.41) is 14.2. The molecule has 10 aromatic carbocycles. The number of halogens is 1. The summed E-state index contributed by atoms with van der Waals surface area (Å²) in [5.41, 5.74) is 13.0. The minimum atomic E-state index is -0.273. The Kier molecular flexibility index (Phi) is 7.88. The minimum absolute atomic E-state index is 0.273. The van der Waals surface area contributed by atoms with Crippen molar-refractivity contribution in [3.63, 3.8) is 0 Å². The molecule has 0 saturated heterocycles. The third kappa shape index (κ3) is 5.11. The van der Waals surface area contributed by atoms with Crippen molar-refractivity contribution in [3.05, 3.63) is 186 Å². The van der Waals surface area contributed by atoms with Gasteiger partial charge < -0.3 is 0 Å². The molecule has 0 aliphatic heterocycles. The van der Waals surface area contributed by atoms with Crippen molar-refractivity contribution in [2.75, 3.05) is 0 Å². The van der Waals surface area contributed by atoms with Gasteiger partial charge in [-0.3, -0.25) is 4.57 Å². The van der Waals surface area contributed by atoms with Crippen LogP contribution in [0, 0.1) is 33.5 Å². The molecule has 0 saturated carbocycles. The Morgan fingerprint density at radius 1 is 0.439 bits per heavy atom. The zero-order valence-corrected chi connectivity index (χ0v) is 38.2. The molecule has 3 nitrogen and oxygen atoms in total. The largest absolute Gasteiger partial charge is 0.290 e.